The molecule has 3 aliphatic rings. The Labute approximate surface area is 269 Å². The number of hydrogen-bond acceptors (Lipinski definition) is 3. The molecule has 1 atom stereocenters. The van der Waals surface area contributed by atoms with E-state index in [9.17, 15) is 4.79 Å². The summed E-state index contributed by atoms with van der Waals surface area (Å²) in [6.45, 7) is 9.74. The molecule has 2 aliphatic heterocycles. The highest BCUT2D eigenvalue weighted by molar-refractivity contribution is 7.11. The van der Waals surface area contributed by atoms with E-state index < -0.39 is 0 Å². The van der Waals surface area contributed by atoms with E-state index in [1.807, 2.05) is 34.4 Å². The number of quaternary nitrogens is 2. The molecule has 0 radical (unpaired) electrons. The number of hydrogen-bond donors (Lipinski definition) is 2. The monoisotopic (exact) mass is 606 g/mol. The predicted octanol–water partition coefficient (Wildman–Crippen LogP) is 5.16. The first-order valence-electron chi connectivity index (χ1n) is 15.2. The second-order valence-electron chi connectivity index (χ2n) is 9.93. The molecule has 0 unspecified atom stereocenters. The third-order valence-electron chi connectivity index (χ3n) is 6.75. The lowest BCUT2D eigenvalue weighted by atomic mass is 10.0. The van der Waals surface area contributed by atoms with Gasteiger partial charge < -0.3 is 15.5 Å². The van der Waals surface area contributed by atoms with Crippen LogP contribution in [0.25, 0.3) is 0 Å². The minimum atomic E-state index is 0.774. The van der Waals surface area contributed by atoms with Crippen molar-refractivity contribution < 1.29 is 15.4 Å². The topological polar surface area (TPSA) is 66.4 Å². The summed E-state index contributed by atoms with van der Waals surface area (Å²) in [4.78, 5) is 18.1. The number of nitrogens with two attached hydrogens (primary N) is 2. The molecule has 43 heavy (non-hydrogen) atoms. The first-order valence-corrected chi connectivity index (χ1v) is 16.1. The van der Waals surface area contributed by atoms with Crippen LogP contribution in [0.3, 0.4) is 0 Å². The van der Waals surface area contributed by atoms with Crippen LogP contribution in [-0.2, 0) is 11.3 Å². The van der Waals surface area contributed by atoms with Crippen molar-refractivity contribution in [3.63, 3.8) is 0 Å². The molecule has 1 aliphatic carbocycles. The Balaban J connectivity index is -0.000000480. The van der Waals surface area contributed by atoms with Gasteiger partial charge in [0.2, 0.25) is 6.41 Å². The lowest BCUT2D eigenvalue weighted by Gasteiger charge is -2.21. The average molecular weight is 607 g/mol. The number of benzene rings is 1. The molecule has 0 bridgehead atoms. The Morgan fingerprint density at radius 3 is 1.70 bits per heavy atom. The van der Waals surface area contributed by atoms with Gasteiger partial charge in [0.25, 0.3) is 0 Å². The quantitative estimate of drug-likeness (QED) is 0.373. The molecule has 3 fully saturated rings. The molecule has 2 saturated heterocycles. The normalized spacial score (nSPS) is 15.9. The van der Waals surface area contributed by atoms with Crippen molar-refractivity contribution >= 4 is 17.7 Å². The minimum absolute atomic E-state index is 0.774. The molecule has 5 nitrogen and oxygen atoms in total. The van der Waals surface area contributed by atoms with Gasteiger partial charge in [-0.05, 0) is 33.1 Å². The summed E-state index contributed by atoms with van der Waals surface area (Å²) in [5.74, 6) is 0.774. The molecule has 1 saturated carbocycles. The second kappa shape index (κ2) is 34.7. The fraction of sp³-hybridized carbons (Fsp3) is 0.514. The van der Waals surface area contributed by atoms with E-state index >= 15 is 0 Å². The van der Waals surface area contributed by atoms with Crippen molar-refractivity contribution in [3.05, 3.63) is 51.5 Å². The van der Waals surface area contributed by atoms with Crippen molar-refractivity contribution in [1.29, 1.82) is 0 Å². The van der Waals surface area contributed by atoms with Gasteiger partial charge in [-0.15, -0.1) is 62.7 Å². The summed E-state index contributed by atoms with van der Waals surface area (Å²) in [6, 6.07) is 10.3. The van der Waals surface area contributed by atoms with Crippen LogP contribution in [0.1, 0.15) is 91.3 Å². The molecule has 2 aromatic rings. The van der Waals surface area contributed by atoms with Crippen LogP contribution in [0.4, 0.5) is 0 Å². The van der Waals surface area contributed by atoms with Gasteiger partial charge in [-0.25, -0.2) is 4.98 Å². The number of aromatic nitrogens is 1. The number of terminal acetylenes is 4. The fourth-order valence-corrected chi connectivity index (χ4v) is 5.86. The van der Waals surface area contributed by atoms with Crippen LogP contribution in [0.5, 0.6) is 0 Å². The van der Waals surface area contributed by atoms with Crippen LogP contribution in [0.2, 0.25) is 0 Å². The number of carbonyl (C=O) groups excluding carboxylic acids is 1. The maximum Gasteiger partial charge on any atom is 0.209 e. The maximum absolute atomic E-state index is 10.1. The SMILES string of the molecule is C#C.C#C.C#C.C#C.C1CCCCC1.C[NH2+]Cc1nc(C)sc1[C@H]1CC[NH2+]C1.Cc1ccccc1.O=CN1CCCCC1. The van der Waals surface area contributed by atoms with Crippen LogP contribution < -0.4 is 10.6 Å². The van der Waals surface area contributed by atoms with Crippen molar-refractivity contribution in [1.82, 2.24) is 9.88 Å². The van der Waals surface area contributed by atoms with Crippen LogP contribution in [-0.4, -0.2) is 49.5 Å². The van der Waals surface area contributed by atoms with Crippen LogP contribution in [0.15, 0.2) is 30.3 Å². The Morgan fingerprint density at radius 1 is 0.860 bits per heavy atom. The van der Waals surface area contributed by atoms with Crippen LogP contribution in [0, 0.1) is 65.2 Å². The van der Waals surface area contributed by atoms with E-state index in [1.54, 1.807) is 4.88 Å². The third kappa shape index (κ3) is 23.7. The molecule has 1 aromatic heterocycles. The van der Waals surface area contributed by atoms with E-state index in [0.29, 0.717) is 0 Å². The van der Waals surface area contributed by atoms with Gasteiger partial charge in [-0.2, -0.15) is 0 Å². The largest absolute Gasteiger partial charge is 0.346 e. The summed E-state index contributed by atoms with van der Waals surface area (Å²) in [5.41, 5.74) is 2.65. The van der Waals surface area contributed by atoms with Gasteiger partial charge in [0.1, 0.15) is 12.2 Å². The second-order valence-corrected chi connectivity index (χ2v) is 11.2. The van der Waals surface area contributed by atoms with E-state index in [4.69, 9.17) is 0 Å². The van der Waals surface area contributed by atoms with Crippen molar-refractivity contribution in [3.8, 4) is 51.4 Å². The number of amides is 1. The summed E-state index contributed by atoms with van der Waals surface area (Å²) in [7, 11) is 2.11. The van der Waals surface area contributed by atoms with Gasteiger partial charge >= 0.3 is 0 Å². The average Bonchev–Trinajstić information content (AvgIpc) is 3.77. The highest BCUT2D eigenvalue weighted by Crippen LogP contribution is 2.28. The van der Waals surface area contributed by atoms with Crippen molar-refractivity contribution in [2.24, 2.45) is 0 Å². The van der Waals surface area contributed by atoms with Crippen LogP contribution >= 0.6 is 11.3 Å². The lowest BCUT2D eigenvalue weighted by Crippen LogP contribution is -2.81. The van der Waals surface area contributed by atoms with Gasteiger partial charge in [0.05, 0.1) is 25.1 Å². The first kappa shape index (κ1) is 43.9. The van der Waals surface area contributed by atoms with Gasteiger partial charge in [-0.1, -0.05) is 74.4 Å². The molecular weight excluding hydrogens is 549 g/mol. The standard InChI is InChI=1S/C10H17N3S.C7H8.C6H11NO.C6H12.4C2H2/c1-7-13-9(6-11-2)10(14-7)8-3-4-12-5-8;1-7-5-3-2-4-6-7;8-6-7-4-2-1-3-5-7;1-2-4-6-5-3-1;4*1-2/h8,11-12H,3-6H2,1-2H3;2-6H,1H3;6H,1-5H2;1-6H2;4*1-2H/p+2/t8-;;;;;;;/m0......./s1. The zero-order valence-corrected chi connectivity index (χ0v) is 27.9. The number of likely N-dealkylation sites (tertiary alicyclic amines) is 1. The Bertz CT molecular complexity index is 910. The highest BCUT2D eigenvalue weighted by atomic mass is 32.1. The zero-order valence-electron chi connectivity index (χ0n) is 27.1. The zero-order chi connectivity index (χ0) is 33.1. The molecule has 0 spiro atoms. The van der Waals surface area contributed by atoms with Gasteiger partial charge in [0.15, 0.2) is 0 Å². The summed E-state index contributed by atoms with van der Waals surface area (Å²) in [6.07, 6.45) is 47.0. The summed E-state index contributed by atoms with van der Waals surface area (Å²) >= 11 is 1.90. The first-order chi connectivity index (χ1) is 21.1. The van der Waals surface area contributed by atoms with Gasteiger partial charge in [0, 0.05) is 30.3 Å². The van der Waals surface area contributed by atoms with E-state index in [-0.39, 0.29) is 0 Å². The lowest BCUT2D eigenvalue weighted by molar-refractivity contribution is -0.644. The van der Waals surface area contributed by atoms with E-state index in [0.717, 1.165) is 32.0 Å². The highest BCUT2D eigenvalue weighted by Gasteiger charge is 2.25. The van der Waals surface area contributed by atoms with E-state index in [1.165, 1.54) is 93.6 Å². The predicted molar refractivity (Wildman–Crippen MR) is 187 cm³/mol. The fourth-order valence-electron chi connectivity index (χ4n) is 4.76. The summed E-state index contributed by atoms with van der Waals surface area (Å²) < 4.78 is 0. The number of carbonyl (C=O) groups is 1. The molecule has 236 valence electrons. The number of thiazole rings is 1. The number of rotatable bonds is 4. The molecule has 5 rings (SSSR count). The summed E-state index contributed by atoms with van der Waals surface area (Å²) in [5, 5.41) is 5.85. The molecule has 1 aromatic carbocycles. The van der Waals surface area contributed by atoms with Gasteiger partial charge in [-0.3, -0.25) is 4.79 Å². The molecule has 6 heteroatoms. The molecular formula is C37H58N4OS+2. The number of nitrogens with zero attached hydrogens (tertiary/aromatic N) is 2. The number of aryl methyl sites for hydroxylation is 2. The minimum Gasteiger partial charge on any atom is -0.346 e. The number of piperidine rings is 1. The van der Waals surface area contributed by atoms with Crippen molar-refractivity contribution in [2.75, 3.05) is 33.2 Å². The molecule has 3 heterocycles. The Hall–Kier alpha value is -3.52. The Kier molecular flexibility index (Phi) is 35.4. The smallest absolute Gasteiger partial charge is 0.209 e. The maximum atomic E-state index is 10.1. The molecule has 4 N–H and O–H groups in total. The Morgan fingerprint density at radius 2 is 1.35 bits per heavy atom. The van der Waals surface area contributed by atoms with Crippen molar-refractivity contribution in [2.45, 2.75) is 90.5 Å². The molecule has 1 amide bonds. The van der Waals surface area contributed by atoms with E-state index in [2.05, 4.69) is 100 Å². The third-order valence-corrected chi connectivity index (χ3v) is 7.93.